The van der Waals surface area contributed by atoms with Crippen molar-refractivity contribution in [1.82, 2.24) is 9.88 Å². The van der Waals surface area contributed by atoms with E-state index in [0.717, 1.165) is 17.7 Å². The number of nitrogens with zero attached hydrogens (tertiary/aromatic N) is 2. The lowest BCUT2D eigenvalue weighted by atomic mass is 9.50. The van der Waals surface area contributed by atoms with Gasteiger partial charge in [0, 0.05) is 30.9 Å². The van der Waals surface area contributed by atoms with Crippen LogP contribution in [-0.4, -0.2) is 64.4 Å². The minimum Gasteiger partial charge on any atom is -0.481 e. The summed E-state index contributed by atoms with van der Waals surface area (Å²) < 4.78 is 17.8. The van der Waals surface area contributed by atoms with Gasteiger partial charge in [0.25, 0.3) is 0 Å². The number of hydrogen-bond acceptors (Lipinski definition) is 8. The number of carbonyl (C=O) groups is 2. The molecule has 1 saturated heterocycles. The van der Waals surface area contributed by atoms with Crippen molar-refractivity contribution >= 4 is 11.9 Å². The van der Waals surface area contributed by atoms with Crippen LogP contribution in [0.5, 0.6) is 11.5 Å². The maximum absolute atomic E-state index is 12.9. The number of rotatable bonds is 3. The number of ether oxygens (including phenoxy) is 3. The number of esters is 2. The minimum atomic E-state index is -1.21. The lowest BCUT2D eigenvalue weighted by Crippen LogP contribution is -2.75. The number of carbonyl (C=O) groups excluding carboxylic acids is 2. The molecule has 4 aliphatic rings. The maximum Gasteiger partial charge on any atom is 0.340 e. The monoisotopic (exact) mass is 448 g/mol. The number of likely N-dealkylation sites (N-methyl/N-ethyl adjacent to an activating group) is 1. The minimum absolute atomic E-state index is 0.151. The Morgan fingerprint density at radius 3 is 2.91 bits per heavy atom. The third-order valence-corrected chi connectivity index (χ3v) is 7.64. The SMILES string of the molecule is CC(=O)Oc1ccc2c3c1OC1[C@H](OC(=O)c4cccnc4)C=C[C@@]4(O)[C@@H](C2)N(C)CC[C@]314. The first-order valence-electron chi connectivity index (χ1n) is 11.1. The van der Waals surface area contributed by atoms with Crippen LogP contribution in [0.25, 0.3) is 0 Å². The number of pyridine rings is 1. The van der Waals surface area contributed by atoms with Gasteiger partial charge in [-0.1, -0.05) is 12.1 Å². The number of benzene rings is 1. The average Bonchev–Trinajstić information content (AvgIpc) is 3.15. The fourth-order valence-corrected chi connectivity index (χ4v) is 6.27. The number of aromatic nitrogens is 1. The highest BCUT2D eigenvalue weighted by Gasteiger charge is 2.72. The molecule has 0 amide bonds. The van der Waals surface area contributed by atoms with E-state index in [9.17, 15) is 14.7 Å². The molecule has 33 heavy (non-hydrogen) atoms. The maximum atomic E-state index is 12.9. The Kier molecular flexibility index (Phi) is 4.25. The molecule has 1 N–H and O–H groups in total. The van der Waals surface area contributed by atoms with E-state index in [1.54, 1.807) is 36.5 Å². The van der Waals surface area contributed by atoms with Gasteiger partial charge in [-0.3, -0.25) is 14.7 Å². The van der Waals surface area contributed by atoms with E-state index in [1.807, 2.05) is 13.1 Å². The van der Waals surface area contributed by atoms with Crippen LogP contribution in [0.1, 0.15) is 34.8 Å². The van der Waals surface area contributed by atoms with Gasteiger partial charge in [-0.15, -0.1) is 0 Å². The molecular formula is C25H24N2O6. The van der Waals surface area contributed by atoms with Crippen molar-refractivity contribution in [2.75, 3.05) is 13.6 Å². The molecule has 8 nitrogen and oxygen atoms in total. The predicted molar refractivity (Wildman–Crippen MR) is 116 cm³/mol. The smallest absolute Gasteiger partial charge is 0.340 e. The highest BCUT2D eigenvalue weighted by Crippen LogP contribution is 2.64. The Bertz CT molecular complexity index is 1200. The van der Waals surface area contributed by atoms with Gasteiger partial charge in [-0.05, 0) is 56.3 Å². The van der Waals surface area contributed by atoms with E-state index in [1.165, 1.54) is 13.1 Å². The van der Waals surface area contributed by atoms with Crippen molar-refractivity contribution in [3.05, 3.63) is 65.5 Å². The molecule has 1 unspecified atom stereocenters. The molecule has 1 aromatic heterocycles. The summed E-state index contributed by atoms with van der Waals surface area (Å²) >= 11 is 0. The molecule has 0 saturated carbocycles. The van der Waals surface area contributed by atoms with Crippen LogP contribution in [0.4, 0.5) is 0 Å². The van der Waals surface area contributed by atoms with Crippen molar-refractivity contribution in [1.29, 1.82) is 0 Å². The van der Waals surface area contributed by atoms with Gasteiger partial charge >= 0.3 is 11.9 Å². The van der Waals surface area contributed by atoms with Gasteiger partial charge in [0.15, 0.2) is 23.7 Å². The molecule has 2 aliphatic carbocycles. The van der Waals surface area contributed by atoms with E-state index in [4.69, 9.17) is 14.2 Å². The molecule has 1 spiro atoms. The summed E-state index contributed by atoms with van der Waals surface area (Å²) in [5.41, 5.74) is 0.223. The summed E-state index contributed by atoms with van der Waals surface area (Å²) in [5.74, 6) is -0.186. The van der Waals surface area contributed by atoms with Crippen LogP contribution in [0.2, 0.25) is 0 Å². The lowest BCUT2D eigenvalue weighted by molar-refractivity contribution is -0.152. The van der Waals surface area contributed by atoms with Gasteiger partial charge in [-0.2, -0.15) is 0 Å². The fraction of sp³-hybridized carbons (Fsp3) is 0.400. The number of aliphatic hydroxyl groups is 1. The van der Waals surface area contributed by atoms with Crippen molar-refractivity contribution in [2.24, 2.45) is 0 Å². The quantitative estimate of drug-likeness (QED) is 0.431. The Morgan fingerprint density at radius 1 is 1.30 bits per heavy atom. The second kappa shape index (κ2) is 6.88. The third kappa shape index (κ3) is 2.62. The Hall–Kier alpha value is -3.23. The molecule has 1 fully saturated rings. The molecule has 3 heterocycles. The highest BCUT2D eigenvalue weighted by atomic mass is 16.6. The summed E-state index contributed by atoms with van der Waals surface area (Å²) in [4.78, 5) is 30.8. The summed E-state index contributed by atoms with van der Waals surface area (Å²) in [5, 5.41) is 12.2. The molecule has 2 aliphatic heterocycles. The molecule has 8 heteroatoms. The molecule has 170 valence electrons. The summed E-state index contributed by atoms with van der Waals surface area (Å²) in [6.07, 6.45) is 6.41. The zero-order chi connectivity index (χ0) is 23.0. The zero-order valence-corrected chi connectivity index (χ0v) is 18.4. The standard InChI is InChI=1S/C25H24N2O6/c1-14(28)31-17-6-5-15-12-19-25(30)8-7-18(32-23(29)16-4-3-10-26-13-16)22-24(25,9-11-27(19)2)20(15)21(17)33-22/h3-8,10,13,18-19,22,30H,9,11-12H2,1-2H3/t18-,19-,22?,24+,25-/m1/s1. The summed E-state index contributed by atoms with van der Waals surface area (Å²) in [6.45, 7) is 2.09. The van der Waals surface area contributed by atoms with Crippen LogP contribution in [0, 0.1) is 0 Å². The van der Waals surface area contributed by atoms with E-state index < -0.39 is 35.2 Å². The average molecular weight is 448 g/mol. The third-order valence-electron chi connectivity index (χ3n) is 7.64. The second-order valence-corrected chi connectivity index (χ2v) is 9.28. The molecule has 5 atom stereocenters. The normalized spacial score (nSPS) is 33.1. The van der Waals surface area contributed by atoms with Crippen LogP contribution in [0.15, 0.2) is 48.8 Å². The largest absolute Gasteiger partial charge is 0.481 e. The topological polar surface area (TPSA) is 98.2 Å². The molecule has 2 aromatic rings. The van der Waals surface area contributed by atoms with Gasteiger partial charge in [0.05, 0.1) is 11.0 Å². The molecule has 2 bridgehead atoms. The van der Waals surface area contributed by atoms with Gasteiger partial charge in [-0.25, -0.2) is 4.79 Å². The van der Waals surface area contributed by atoms with E-state index >= 15 is 0 Å². The van der Waals surface area contributed by atoms with E-state index in [0.29, 0.717) is 29.9 Å². The molecule has 1 aromatic carbocycles. The van der Waals surface area contributed by atoms with Crippen molar-refractivity contribution in [3.63, 3.8) is 0 Å². The van der Waals surface area contributed by atoms with Gasteiger partial charge < -0.3 is 19.3 Å². The Balaban J connectivity index is 1.49. The van der Waals surface area contributed by atoms with Crippen LogP contribution < -0.4 is 9.47 Å². The summed E-state index contributed by atoms with van der Waals surface area (Å²) in [6, 6.07) is 6.86. The first-order valence-corrected chi connectivity index (χ1v) is 11.1. The van der Waals surface area contributed by atoms with Crippen LogP contribution in [-0.2, 0) is 21.4 Å². The first-order chi connectivity index (χ1) is 15.8. The second-order valence-electron chi connectivity index (χ2n) is 9.28. The van der Waals surface area contributed by atoms with E-state index in [2.05, 4.69) is 9.88 Å². The molecule has 0 radical (unpaired) electrons. The van der Waals surface area contributed by atoms with E-state index in [-0.39, 0.29) is 6.04 Å². The number of hydrogen-bond donors (Lipinski definition) is 1. The Morgan fingerprint density at radius 2 is 2.15 bits per heavy atom. The summed E-state index contributed by atoms with van der Waals surface area (Å²) in [7, 11) is 2.02. The molecular weight excluding hydrogens is 424 g/mol. The first kappa shape index (κ1) is 20.4. The van der Waals surface area contributed by atoms with Gasteiger partial charge in [0.2, 0.25) is 0 Å². The van der Waals surface area contributed by atoms with Crippen LogP contribution in [0.3, 0.4) is 0 Å². The predicted octanol–water partition coefficient (Wildman–Crippen LogP) is 1.79. The zero-order valence-electron chi connectivity index (χ0n) is 18.4. The fourth-order valence-electron chi connectivity index (χ4n) is 6.27. The van der Waals surface area contributed by atoms with Crippen molar-refractivity contribution in [3.8, 4) is 11.5 Å². The van der Waals surface area contributed by atoms with Crippen molar-refractivity contribution in [2.45, 2.75) is 49.0 Å². The van der Waals surface area contributed by atoms with Gasteiger partial charge in [0.1, 0.15) is 5.60 Å². The Labute approximate surface area is 190 Å². The number of piperidine rings is 1. The lowest BCUT2D eigenvalue weighted by Gasteiger charge is -2.61. The van der Waals surface area contributed by atoms with Crippen LogP contribution >= 0.6 is 0 Å². The number of likely N-dealkylation sites (tertiary alicyclic amines) is 1. The molecule has 6 rings (SSSR count). The van der Waals surface area contributed by atoms with Crippen molar-refractivity contribution < 1.29 is 28.9 Å². The highest BCUT2D eigenvalue weighted by molar-refractivity contribution is 5.89.